The fourth-order valence-electron chi connectivity index (χ4n) is 0.881. The Labute approximate surface area is 82.9 Å². The molecule has 0 aliphatic rings. The zero-order valence-corrected chi connectivity index (χ0v) is 8.93. The van der Waals surface area contributed by atoms with Crippen LogP contribution in [-0.2, 0) is 11.3 Å². The highest BCUT2D eigenvalue weighted by Gasteiger charge is 1.99. The number of rotatable bonds is 5. The van der Waals surface area contributed by atoms with Gasteiger partial charge in [-0.1, -0.05) is 25.2 Å². The van der Waals surface area contributed by atoms with Crippen LogP contribution in [0.4, 0.5) is 5.13 Å². The number of nitrogens with two attached hydrogens (primary N) is 1. The van der Waals surface area contributed by atoms with E-state index in [9.17, 15) is 0 Å². The second kappa shape index (κ2) is 5.19. The van der Waals surface area contributed by atoms with Gasteiger partial charge in [-0.3, -0.25) is 0 Å². The Morgan fingerprint density at radius 2 is 2.38 bits per heavy atom. The van der Waals surface area contributed by atoms with Crippen molar-refractivity contribution in [1.29, 1.82) is 0 Å². The minimum absolute atomic E-state index is 0.613. The van der Waals surface area contributed by atoms with E-state index in [-0.39, 0.29) is 0 Å². The molecular formula is C9H16N2OS. The molecule has 1 aromatic heterocycles. The molecule has 1 rings (SSSR count). The SMILES string of the molecule is CC(C)CCOCc1cnc(N)s1. The summed E-state index contributed by atoms with van der Waals surface area (Å²) in [4.78, 5) is 5.05. The van der Waals surface area contributed by atoms with Crippen LogP contribution < -0.4 is 5.73 Å². The summed E-state index contributed by atoms with van der Waals surface area (Å²) in [6, 6.07) is 0. The Morgan fingerprint density at radius 1 is 1.62 bits per heavy atom. The number of anilines is 1. The molecule has 0 aliphatic heterocycles. The molecule has 0 saturated carbocycles. The van der Waals surface area contributed by atoms with E-state index in [2.05, 4.69) is 18.8 Å². The van der Waals surface area contributed by atoms with Crippen molar-refractivity contribution in [2.75, 3.05) is 12.3 Å². The molecule has 0 saturated heterocycles. The summed E-state index contributed by atoms with van der Waals surface area (Å²) in [7, 11) is 0. The first kappa shape index (κ1) is 10.5. The Bertz CT molecular complexity index is 248. The Morgan fingerprint density at radius 3 is 2.92 bits per heavy atom. The van der Waals surface area contributed by atoms with Crippen molar-refractivity contribution in [2.24, 2.45) is 5.92 Å². The van der Waals surface area contributed by atoms with Crippen LogP contribution in [0.3, 0.4) is 0 Å². The maximum absolute atomic E-state index is 5.48. The van der Waals surface area contributed by atoms with Gasteiger partial charge in [0.2, 0.25) is 0 Å². The molecule has 0 unspecified atom stereocenters. The van der Waals surface area contributed by atoms with Gasteiger partial charge in [-0.2, -0.15) is 0 Å². The molecule has 1 heterocycles. The fourth-order valence-corrected chi connectivity index (χ4v) is 1.50. The van der Waals surface area contributed by atoms with Gasteiger partial charge < -0.3 is 10.5 Å². The summed E-state index contributed by atoms with van der Waals surface area (Å²) in [5, 5.41) is 0.613. The molecule has 13 heavy (non-hydrogen) atoms. The summed E-state index contributed by atoms with van der Waals surface area (Å²) in [5.41, 5.74) is 5.48. The molecule has 0 radical (unpaired) electrons. The van der Waals surface area contributed by atoms with Crippen molar-refractivity contribution in [1.82, 2.24) is 4.98 Å². The maximum atomic E-state index is 5.48. The number of nitrogens with zero attached hydrogens (tertiary/aromatic N) is 1. The topological polar surface area (TPSA) is 48.1 Å². The van der Waals surface area contributed by atoms with E-state index < -0.39 is 0 Å². The Hall–Kier alpha value is -0.610. The number of hydrogen-bond donors (Lipinski definition) is 1. The fraction of sp³-hybridized carbons (Fsp3) is 0.667. The van der Waals surface area contributed by atoms with E-state index in [1.807, 2.05) is 0 Å². The van der Waals surface area contributed by atoms with Crippen LogP contribution in [0.25, 0.3) is 0 Å². The average Bonchev–Trinajstić information content (AvgIpc) is 2.45. The molecule has 0 aromatic carbocycles. The van der Waals surface area contributed by atoms with Gasteiger partial charge in [-0.25, -0.2) is 4.98 Å². The van der Waals surface area contributed by atoms with Crippen molar-refractivity contribution in [2.45, 2.75) is 26.9 Å². The van der Waals surface area contributed by atoms with E-state index in [4.69, 9.17) is 10.5 Å². The molecule has 1 aromatic rings. The first-order valence-corrected chi connectivity index (χ1v) is 5.28. The predicted octanol–water partition coefficient (Wildman–Crippen LogP) is 2.29. The van der Waals surface area contributed by atoms with Crippen molar-refractivity contribution in [3.63, 3.8) is 0 Å². The van der Waals surface area contributed by atoms with Crippen molar-refractivity contribution in [3.8, 4) is 0 Å². The second-order valence-electron chi connectivity index (χ2n) is 3.40. The molecule has 0 aliphatic carbocycles. The van der Waals surface area contributed by atoms with E-state index in [0.717, 1.165) is 17.9 Å². The largest absolute Gasteiger partial charge is 0.376 e. The first-order chi connectivity index (χ1) is 6.18. The van der Waals surface area contributed by atoms with E-state index >= 15 is 0 Å². The minimum atomic E-state index is 0.613. The number of ether oxygens (including phenoxy) is 1. The molecule has 74 valence electrons. The van der Waals surface area contributed by atoms with Gasteiger partial charge in [0.15, 0.2) is 5.13 Å². The molecule has 2 N–H and O–H groups in total. The number of nitrogen functional groups attached to an aromatic ring is 1. The van der Waals surface area contributed by atoms with Crippen LogP contribution in [0.5, 0.6) is 0 Å². The van der Waals surface area contributed by atoms with Gasteiger partial charge in [0.1, 0.15) is 0 Å². The Balaban J connectivity index is 2.13. The van der Waals surface area contributed by atoms with Crippen LogP contribution in [0.15, 0.2) is 6.20 Å². The lowest BCUT2D eigenvalue weighted by atomic mass is 10.1. The monoisotopic (exact) mass is 200 g/mol. The third kappa shape index (κ3) is 4.24. The van der Waals surface area contributed by atoms with Gasteiger partial charge in [0, 0.05) is 12.8 Å². The molecule has 4 heteroatoms. The third-order valence-electron chi connectivity index (χ3n) is 1.66. The first-order valence-electron chi connectivity index (χ1n) is 4.46. The van der Waals surface area contributed by atoms with Crippen LogP contribution in [0, 0.1) is 5.92 Å². The summed E-state index contributed by atoms with van der Waals surface area (Å²) in [6.45, 7) is 5.83. The summed E-state index contributed by atoms with van der Waals surface area (Å²) < 4.78 is 5.46. The quantitative estimate of drug-likeness (QED) is 0.742. The summed E-state index contributed by atoms with van der Waals surface area (Å²) >= 11 is 1.49. The highest BCUT2D eigenvalue weighted by Crippen LogP contribution is 2.15. The van der Waals surface area contributed by atoms with Crippen LogP contribution in [0.2, 0.25) is 0 Å². The smallest absolute Gasteiger partial charge is 0.180 e. The highest BCUT2D eigenvalue weighted by atomic mass is 32.1. The van der Waals surface area contributed by atoms with Crippen molar-refractivity contribution >= 4 is 16.5 Å². The zero-order valence-electron chi connectivity index (χ0n) is 8.12. The highest BCUT2D eigenvalue weighted by molar-refractivity contribution is 7.15. The zero-order chi connectivity index (χ0) is 9.68. The third-order valence-corrected chi connectivity index (χ3v) is 2.46. The maximum Gasteiger partial charge on any atom is 0.180 e. The average molecular weight is 200 g/mol. The van der Waals surface area contributed by atoms with Crippen LogP contribution in [0.1, 0.15) is 25.1 Å². The number of hydrogen-bond acceptors (Lipinski definition) is 4. The molecule has 0 amide bonds. The normalized spacial score (nSPS) is 11.0. The van der Waals surface area contributed by atoms with Gasteiger partial charge in [-0.15, -0.1) is 0 Å². The van der Waals surface area contributed by atoms with Gasteiger partial charge in [0.25, 0.3) is 0 Å². The number of aromatic nitrogens is 1. The second-order valence-corrected chi connectivity index (χ2v) is 4.55. The molecule has 0 spiro atoms. The predicted molar refractivity (Wildman–Crippen MR) is 55.6 cm³/mol. The Kier molecular flexibility index (Phi) is 4.18. The molecular weight excluding hydrogens is 184 g/mol. The van der Waals surface area contributed by atoms with E-state index in [1.165, 1.54) is 11.3 Å². The van der Waals surface area contributed by atoms with Crippen molar-refractivity contribution < 1.29 is 4.74 Å². The van der Waals surface area contributed by atoms with Gasteiger partial charge >= 0.3 is 0 Å². The number of thiazole rings is 1. The molecule has 0 bridgehead atoms. The summed E-state index contributed by atoms with van der Waals surface area (Å²) in [5.74, 6) is 0.700. The summed E-state index contributed by atoms with van der Waals surface area (Å²) in [6.07, 6.45) is 2.88. The van der Waals surface area contributed by atoms with Gasteiger partial charge in [-0.05, 0) is 12.3 Å². The van der Waals surface area contributed by atoms with E-state index in [1.54, 1.807) is 6.20 Å². The van der Waals surface area contributed by atoms with Crippen molar-refractivity contribution in [3.05, 3.63) is 11.1 Å². The molecule has 3 nitrogen and oxygen atoms in total. The molecule has 0 fully saturated rings. The van der Waals surface area contributed by atoms with Crippen LogP contribution in [-0.4, -0.2) is 11.6 Å². The van der Waals surface area contributed by atoms with Gasteiger partial charge in [0.05, 0.1) is 11.5 Å². The van der Waals surface area contributed by atoms with Crippen LogP contribution >= 0.6 is 11.3 Å². The molecule has 0 atom stereocenters. The van der Waals surface area contributed by atoms with E-state index in [0.29, 0.717) is 17.7 Å². The lowest BCUT2D eigenvalue weighted by molar-refractivity contribution is 0.112. The standard InChI is InChI=1S/C9H16N2OS/c1-7(2)3-4-12-6-8-5-11-9(10)13-8/h5,7H,3-4,6H2,1-2H3,(H2,10,11). The minimum Gasteiger partial charge on any atom is -0.376 e. The lowest BCUT2D eigenvalue weighted by Crippen LogP contribution is -1.98. The lowest BCUT2D eigenvalue weighted by Gasteiger charge is -2.04.